The van der Waals surface area contributed by atoms with Gasteiger partial charge in [0.15, 0.2) is 5.13 Å². The SMILES string of the molecule is CCN(CC)CCN(C(=O)c1cc(C)ccc1C)c1nc2c(C)cccc2s1. The number of rotatable bonds is 7. The number of carbonyl (C=O) groups is 1. The Hall–Kier alpha value is -2.24. The highest BCUT2D eigenvalue weighted by Gasteiger charge is 2.23. The van der Waals surface area contributed by atoms with E-state index < -0.39 is 0 Å². The summed E-state index contributed by atoms with van der Waals surface area (Å²) >= 11 is 1.59. The minimum Gasteiger partial charge on any atom is -0.302 e. The zero-order valence-corrected chi connectivity index (χ0v) is 18.3. The Bertz CT molecular complexity index is 975. The number of carbonyl (C=O) groups excluding carboxylic acids is 1. The Morgan fingerprint density at radius 1 is 1.00 bits per heavy atom. The van der Waals surface area contributed by atoms with Gasteiger partial charge in [-0.15, -0.1) is 0 Å². The molecule has 0 N–H and O–H groups in total. The van der Waals surface area contributed by atoms with Crippen LogP contribution in [0.2, 0.25) is 0 Å². The van der Waals surface area contributed by atoms with E-state index in [9.17, 15) is 4.79 Å². The van der Waals surface area contributed by atoms with Crippen molar-refractivity contribution in [2.75, 3.05) is 31.1 Å². The van der Waals surface area contributed by atoms with Gasteiger partial charge in [0.1, 0.15) is 0 Å². The van der Waals surface area contributed by atoms with Crippen LogP contribution in [-0.4, -0.2) is 42.0 Å². The average molecular weight is 396 g/mol. The molecule has 1 amide bonds. The van der Waals surface area contributed by atoms with Gasteiger partial charge in [-0.1, -0.05) is 55.0 Å². The number of benzene rings is 2. The standard InChI is InChI=1S/C23H29N3OS/c1-6-25(7-2)13-14-26(22(27)19-15-16(3)11-12-17(19)4)23-24-21-18(5)9-8-10-20(21)28-23/h8-12,15H,6-7,13-14H2,1-5H3. The first-order chi connectivity index (χ1) is 13.4. The lowest BCUT2D eigenvalue weighted by molar-refractivity contribution is 0.0983. The third-order valence-corrected chi connectivity index (χ3v) is 6.29. The van der Waals surface area contributed by atoms with Crippen molar-refractivity contribution in [3.63, 3.8) is 0 Å². The summed E-state index contributed by atoms with van der Waals surface area (Å²) < 4.78 is 1.12. The van der Waals surface area contributed by atoms with Crippen LogP contribution in [0.25, 0.3) is 10.2 Å². The van der Waals surface area contributed by atoms with Gasteiger partial charge < -0.3 is 4.90 Å². The lowest BCUT2D eigenvalue weighted by Crippen LogP contribution is -2.39. The van der Waals surface area contributed by atoms with Gasteiger partial charge >= 0.3 is 0 Å². The van der Waals surface area contributed by atoms with Crippen LogP contribution < -0.4 is 4.90 Å². The van der Waals surface area contributed by atoms with Crippen LogP contribution in [0.15, 0.2) is 36.4 Å². The van der Waals surface area contributed by atoms with Crippen LogP contribution in [-0.2, 0) is 0 Å². The maximum absolute atomic E-state index is 13.5. The van der Waals surface area contributed by atoms with Gasteiger partial charge in [-0.25, -0.2) is 4.98 Å². The highest BCUT2D eigenvalue weighted by molar-refractivity contribution is 7.22. The molecule has 5 heteroatoms. The fourth-order valence-electron chi connectivity index (χ4n) is 3.37. The van der Waals surface area contributed by atoms with Crippen LogP contribution in [0.4, 0.5) is 5.13 Å². The molecule has 3 rings (SSSR count). The fourth-order valence-corrected chi connectivity index (χ4v) is 4.43. The molecule has 0 spiro atoms. The monoisotopic (exact) mass is 395 g/mol. The van der Waals surface area contributed by atoms with Crippen molar-refractivity contribution in [3.05, 3.63) is 58.7 Å². The quantitative estimate of drug-likeness (QED) is 0.551. The summed E-state index contributed by atoms with van der Waals surface area (Å²) in [7, 11) is 0. The molecule has 3 aromatic rings. The lowest BCUT2D eigenvalue weighted by Gasteiger charge is -2.25. The second-order valence-electron chi connectivity index (χ2n) is 7.22. The second-order valence-corrected chi connectivity index (χ2v) is 8.23. The molecule has 0 unspecified atom stereocenters. The number of fused-ring (bicyclic) bond motifs is 1. The molecular formula is C23H29N3OS. The number of hydrogen-bond acceptors (Lipinski definition) is 4. The van der Waals surface area contributed by atoms with E-state index in [2.05, 4.69) is 37.8 Å². The topological polar surface area (TPSA) is 36.4 Å². The number of hydrogen-bond donors (Lipinski definition) is 0. The summed E-state index contributed by atoms with van der Waals surface area (Å²) in [4.78, 5) is 22.6. The molecule has 0 bridgehead atoms. The smallest absolute Gasteiger partial charge is 0.260 e. The first-order valence-corrected chi connectivity index (χ1v) is 10.7. The summed E-state index contributed by atoms with van der Waals surface area (Å²) in [5.41, 5.74) is 4.99. The van der Waals surface area contributed by atoms with Crippen LogP contribution in [0.1, 0.15) is 40.9 Å². The van der Waals surface area contributed by atoms with E-state index in [-0.39, 0.29) is 5.91 Å². The van der Waals surface area contributed by atoms with Crippen molar-refractivity contribution in [1.29, 1.82) is 0 Å². The van der Waals surface area contributed by atoms with Gasteiger partial charge in [0.25, 0.3) is 5.91 Å². The van der Waals surface area contributed by atoms with Crippen molar-refractivity contribution in [1.82, 2.24) is 9.88 Å². The second kappa shape index (κ2) is 8.84. The number of nitrogens with zero attached hydrogens (tertiary/aromatic N) is 3. The first kappa shape index (κ1) is 20.5. The molecule has 0 aliphatic carbocycles. The Balaban J connectivity index is 2.01. The van der Waals surface area contributed by atoms with Gasteiger partial charge in [-0.3, -0.25) is 9.69 Å². The van der Waals surface area contributed by atoms with E-state index in [1.54, 1.807) is 11.3 Å². The van der Waals surface area contributed by atoms with Gasteiger partial charge in [-0.2, -0.15) is 0 Å². The van der Waals surface area contributed by atoms with Crippen LogP contribution in [0.3, 0.4) is 0 Å². The Morgan fingerprint density at radius 3 is 2.43 bits per heavy atom. The summed E-state index contributed by atoms with van der Waals surface area (Å²) in [6.07, 6.45) is 0. The molecule has 28 heavy (non-hydrogen) atoms. The minimum atomic E-state index is 0.0325. The summed E-state index contributed by atoms with van der Waals surface area (Å²) in [5, 5.41) is 0.780. The van der Waals surface area contributed by atoms with E-state index in [1.807, 2.05) is 43.0 Å². The summed E-state index contributed by atoms with van der Waals surface area (Å²) in [5.74, 6) is 0.0325. The highest BCUT2D eigenvalue weighted by Crippen LogP contribution is 2.31. The molecular weight excluding hydrogens is 366 g/mol. The number of aryl methyl sites for hydroxylation is 3. The Kier molecular flexibility index (Phi) is 6.47. The number of aromatic nitrogens is 1. The van der Waals surface area contributed by atoms with Crippen molar-refractivity contribution in [2.24, 2.45) is 0 Å². The van der Waals surface area contributed by atoms with E-state index in [1.165, 1.54) is 0 Å². The van der Waals surface area contributed by atoms with Crippen molar-refractivity contribution < 1.29 is 4.79 Å². The van der Waals surface area contributed by atoms with Crippen molar-refractivity contribution >= 4 is 32.6 Å². The lowest BCUT2D eigenvalue weighted by atomic mass is 10.0. The third-order valence-electron chi connectivity index (χ3n) is 5.24. The van der Waals surface area contributed by atoms with Crippen LogP contribution in [0, 0.1) is 20.8 Å². The molecule has 2 aromatic carbocycles. The van der Waals surface area contributed by atoms with Crippen LogP contribution in [0.5, 0.6) is 0 Å². The Morgan fingerprint density at radius 2 is 1.75 bits per heavy atom. The van der Waals surface area contributed by atoms with E-state index in [4.69, 9.17) is 4.98 Å². The largest absolute Gasteiger partial charge is 0.302 e. The molecule has 0 aliphatic rings. The first-order valence-electron chi connectivity index (χ1n) is 9.92. The average Bonchev–Trinajstić information content (AvgIpc) is 3.12. The van der Waals surface area contributed by atoms with E-state index >= 15 is 0 Å². The molecule has 0 aliphatic heterocycles. The molecule has 0 saturated heterocycles. The van der Waals surface area contributed by atoms with E-state index in [0.29, 0.717) is 6.54 Å². The third kappa shape index (κ3) is 4.26. The van der Waals surface area contributed by atoms with Crippen LogP contribution >= 0.6 is 11.3 Å². The highest BCUT2D eigenvalue weighted by atomic mass is 32.1. The molecule has 0 saturated carbocycles. The maximum atomic E-state index is 13.5. The number of anilines is 1. The Labute approximate surface area is 171 Å². The molecule has 4 nitrogen and oxygen atoms in total. The van der Waals surface area contributed by atoms with E-state index in [0.717, 1.165) is 57.2 Å². The summed E-state index contributed by atoms with van der Waals surface area (Å²) in [6.45, 7) is 13.8. The normalized spacial score (nSPS) is 11.4. The number of amides is 1. The van der Waals surface area contributed by atoms with Crippen molar-refractivity contribution in [3.8, 4) is 0 Å². The number of likely N-dealkylation sites (N-methyl/N-ethyl adjacent to an activating group) is 1. The van der Waals surface area contributed by atoms with Gasteiger partial charge in [-0.05, 0) is 57.1 Å². The van der Waals surface area contributed by atoms with Gasteiger partial charge in [0, 0.05) is 18.7 Å². The van der Waals surface area contributed by atoms with Gasteiger partial charge in [0.05, 0.1) is 10.2 Å². The maximum Gasteiger partial charge on any atom is 0.260 e. The van der Waals surface area contributed by atoms with Gasteiger partial charge in [0.2, 0.25) is 0 Å². The molecule has 1 heterocycles. The molecule has 0 fully saturated rings. The summed E-state index contributed by atoms with van der Waals surface area (Å²) in [6, 6.07) is 12.3. The fraction of sp³-hybridized carbons (Fsp3) is 0.391. The van der Waals surface area contributed by atoms with Crippen molar-refractivity contribution in [2.45, 2.75) is 34.6 Å². The zero-order valence-electron chi connectivity index (χ0n) is 17.5. The number of para-hydroxylation sites is 1. The molecule has 0 atom stereocenters. The molecule has 1 aromatic heterocycles. The molecule has 0 radical (unpaired) electrons. The molecule has 148 valence electrons. The zero-order chi connectivity index (χ0) is 20.3. The number of thiazole rings is 1. The minimum absolute atomic E-state index is 0.0325. The predicted octanol–water partition coefficient (Wildman–Crippen LogP) is 5.21. The predicted molar refractivity (Wildman–Crippen MR) is 120 cm³/mol.